The molecule has 2 aliphatic heterocycles. The molecule has 43 heteroatoms. The summed E-state index contributed by atoms with van der Waals surface area (Å²) in [5, 5.41) is 75.0. The fourth-order valence-corrected chi connectivity index (χ4v) is 14.8. The van der Waals surface area contributed by atoms with Crippen molar-refractivity contribution in [2.24, 2.45) is 11.5 Å². The molecule has 0 saturated carbocycles. The Morgan fingerprint density at radius 3 is 0.510 bits per heavy atom. The molecule has 0 amide bonds. The second kappa shape index (κ2) is 78.9. The minimum absolute atomic E-state index is 0. The number of nitriles is 5. The fourth-order valence-electron chi connectivity index (χ4n) is 13.8. The zero-order valence-corrected chi connectivity index (χ0v) is 100. The van der Waals surface area contributed by atoms with Gasteiger partial charge in [0.25, 0.3) is 0 Å². The Hall–Kier alpha value is -6.14. The van der Waals surface area contributed by atoms with Crippen LogP contribution in [0.3, 0.4) is 0 Å². The quantitative estimate of drug-likeness (QED) is 0.137. The number of aromatic hydroxyl groups is 2. The summed E-state index contributed by atoms with van der Waals surface area (Å²) < 4.78 is 67.9. The van der Waals surface area contributed by atoms with Crippen LogP contribution in [0, 0.1) is 77.1 Å². The molecule has 0 aromatic heterocycles. The minimum Gasteiger partial charge on any atom is -0.779 e. The van der Waals surface area contributed by atoms with Crippen LogP contribution in [0.25, 0.3) is 0 Å². The summed E-state index contributed by atoms with van der Waals surface area (Å²) in [4.78, 5) is 53.9. The van der Waals surface area contributed by atoms with Gasteiger partial charge in [0, 0.05) is 204 Å². The van der Waals surface area contributed by atoms with Gasteiger partial charge in [0.1, 0.15) is 11.5 Å². The number of rotatable bonds is 6. The number of carboxylic acid groups (broad SMARTS) is 2. The number of phenolic OH excluding ortho intramolecular Hbond substituents is 2. The number of hydrogen-bond acceptors (Lipinski definition) is 37. The third-order valence-electron chi connectivity index (χ3n) is 22.3. The van der Waals surface area contributed by atoms with Gasteiger partial charge >= 0.3 is 66.0 Å². The van der Waals surface area contributed by atoms with Gasteiger partial charge in [-0.05, 0) is 177 Å². The van der Waals surface area contributed by atoms with Crippen molar-refractivity contribution in [1.82, 2.24) is 58.8 Å². The molecule has 0 spiro atoms. The molecular formula is C104H163Cl2N19Ni4O14S4. The number of halogens is 2. The number of aliphatic carboxylic acids is 2. The standard InChI is InChI=1S/2C38H66N6S2.2C9H11NO3.5C2H3N.2ClHO4.4Ni/c2*1-37(2,3)33-21-29-25-41(9)17-13-39(7)15-19-43(11)27-31-23-34(38(4,5)6)24-32(36(31)46)28-44(12)20-16-40(8)14-18-42(10)26-30(22-33)35(29)45;2*10-8(9(12)13)5-6-1-3-7(11)4-2-6;5*1-2-3;2*2-1(3,4)5;;;;/h2*21-24,45-46H,13-20,25-28H2,1-12H3;2*1-4,8,11H,5,10H2,(H,12,13);5*1H3;2*(H,2,3,4,5);;;;/q;;;;;;;;;;;4*+2/p-8/t;;2*8-;;;;;;;;;;;/m..00.........../s1. The van der Waals surface area contributed by atoms with E-state index in [4.69, 9.17) is 136 Å². The van der Waals surface area contributed by atoms with Crippen LogP contribution in [0.15, 0.2) is 117 Å². The molecule has 0 saturated heterocycles. The Balaban J connectivity index is -0.000000356. The molecule has 147 heavy (non-hydrogen) atoms. The molecule has 0 fully saturated rings. The second-order valence-corrected chi connectivity index (χ2v) is 43.2. The molecule has 6 aromatic rings. The molecule has 33 nitrogen and oxygen atoms in total. The summed E-state index contributed by atoms with van der Waals surface area (Å²) in [6, 6.07) is 38.1. The van der Waals surface area contributed by atoms with Crippen LogP contribution in [0.1, 0.15) is 196 Å². The first-order chi connectivity index (χ1) is 65.9. The van der Waals surface area contributed by atoms with E-state index in [-0.39, 0.29) is 112 Å². The van der Waals surface area contributed by atoms with Gasteiger partial charge in [0.15, 0.2) is 0 Å². The van der Waals surface area contributed by atoms with Crippen LogP contribution >= 0.6 is 0 Å². The largest absolute Gasteiger partial charge is 2.00 e. The molecule has 2 atom stereocenters. The van der Waals surface area contributed by atoms with Gasteiger partial charge in [-0.2, -0.15) is 45.9 Å². The van der Waals surface area contributed by atoms with E-state index in [9.17, 15) is 19.8 Å². The average Bonchev–Trinajstić information content (AvgIpc) is 0.815. The summed E-state index contributed by atoms with van der Waals surface area (Å²) in [5.41, 5.74) is 28.1. The Labute approximate surface area is 947 Å². The van der Waals surface area contributed by atoms with Crippen LogP contribution in [0.2, 0.25) is 0 Å². The fraction of sp³-hybridized carbons (Fsp3) is 0.587. The number of carboxylic acids is 2. The monoisotopic (exact) mass is 2330 g/mol. The average molecular weight is 2340 g/mol. The smallest absolute Gasteiger partial charge is 0.779 e. The van der Waals surface area contributed by atoms with E-state index < -0.39 is 44.5 Å². The Morgan fingerprint density at radius 1 is 0.299 bits per heavy atom. The number of hydrogen-bond donors (Lipinski definition) is 4. The summed E-state index contributed by atoms with van der Waals surface area (Å²) >= 11 is 24.5. The van der Waals surface area contributed by atoms with E-state index >= 15 is 0 Å². The second-order valence-electron chi connectivity index (χ2n) is 40.1. The minimum atomic E-state index is -4.94. The molecule has 8 bridgehead atoms. The Kier molecular flexibility index (Phi) is 82.6. The molecule has 0 unspecified atom stereocenters. The number of likely N-dealkylation sites (N-methyl/N-ethyl adjacent to an activating group) is 12. The van der Waals surface area contributed by atoms with E-state index in [0.29, 0.717) is 0 Å². The molecular weight excluding hydrogens is 2170 g/mol. The van der Waals surface area contributed by atoms with E-state index in [1.165, 1.54) is 126 Å². The molecule has 6 N–H and O–H groups in total. The van der Waals surface area contributed by atoms with E-state index in [1.807, 2.05) is 0 Å². The zero-order valence-electron chi connectivity index (χ0n) is 91.5. The number of fused-ring (bicyclic) bond motifs is 8. The first-order valence-corrected chi connectivity index (χ1v) is 50.8. The van der Waals surface area contributed by atoms with E-state index in [2.05, 4.69) is 275 Å². The van der Waals surface area contributed by atoms with Gasteiger partial charge in [0.05, 0.1) is 42.3 Å². The van der Waals surface area contributed by atoms with Crippen molar-refractivity contribution in [3.05, 3.63) is 175 Å². The van der Waals surface area contributed by atoms with Crippen molar-refractivity contribution in [3.63, 3.8) is 0 Å². The summed E-state index contributed by atoms with van der Waals surface area (Å²) in [6.45, 7) is 57.9. The third kappa shape index (κ3) is 73.7. The molecule has 6 aromatic carbocycles. The van der Waals surface area contributed by atoms with Crippen molar-refractivity contribution >= 4 is 62.5 Å². The maximum atomic E-state index is 10.3. The number of carbonyl (C=O) groups excluding carboxylic acids is 2. The van der Waals surface area contributed by atoms with Crippen LogP contribution in [0.4, 0.5) is 0 Å². The van der Waals surface area contributed by atoms with Crippen molar-refractivity contribution in [2.45, 2.75) is 236 Å². The maximum absolute atomic E-state index is 10.3. The van der Waals surface area contributed by atoms with Crippen molar-refractivity contribution in [2.75, 3.05) is 189 Å². The predicted octanol–water partition coefficient (Wildman–Crippen LogP) is 1.95. The predicted molar refractivity (Wildman–Crippen MR) is 550 cm³/mol. The van der Waals surface area contributed by atoms with Gasteiger partial charge in [-0.1, -0.05) is 200 Å². The van der Waals surface area contributed by atoms with Crippen molar-refractivity contribution < 1.29 is 154 Å². The van der Waals surface area contributed by atoms with Crippen LogP contribution in [-0.4, -0.2) is 282 Å². The first kappa shape index (κ1) is 154. The SMILES string of the molecule is CC#N.CC#N.CC#N.CC#N.CC#N.CN1CCN(C)Cc2cc(C(C)(C)C)cc(c2[S-])CN(C)CCN(C)CCN(C)Cc2cc(C(C)(C)C)cc(c2[S-])CN(C)CC1.CN1CCN(C)Cc2cc(C(C)(C)C)cc(c2[S-])CN(C)CCN(C)CCN(C)Cc2cc(C(C)(C)C)cc(c2[S-])CN(C)CC1.N[C@@H](Cc1ccc(O)cc1)C(=O)[O-].N[C@@H](Cc1ccc(O)cc1)C(=O)[O-].[Ni+2].[Ni+2].[Ni+2].[Ni+2].[O-][Cl+3]([O-])([O-])[O-].[O-][Cl+3]([O-])([O-])[O-]. The molecule has 0 aliphatic carbocycles. The van der Waals surface area contributed by atoms with Gasteiger partial charge in [-0.15, -0.1) is 20.5 Å². The van der Waals surface area contributed by atoms with Crippen molar-refractivity contribution in [1.29, 1.82) is 26.3 Å². The van der Waals surface area contributed by atoms with Crippen LogP contribution in [0.5, 0.6) is 11.5 Å². The van der Waals surface area contributed by atoms with E-state index in [1.54, 1.807) is 54.6 Å². The summed E-state index contributed by atoms with van der Waals surface area (Å²) in [6.07, 6.45) is 0.422. The molecule has 2 heterocycles. The van der Waals surface area contributed by atoms with Gasteiger partial charge in [-0.3, -0.25) is 0 Å². The van der Waals surface area contributed by atoms with Gasteiger partial charge in [0.2, 0.25) is 0 Å². The number of phenols is 2. The zero-order chi connectivity index (χ0) is 111. The number of carbonyl (C=O) groups is 2. The molecule has 0 radical (unpaired) electrons. The van der Waals surface area contributed by atoms with Crippen molar-refractivity contribution in [3.8, 4) is 41.8 Å². The normalized spacial score (nSPS) is 15.9. The Morgan fingerprint density at radius 2 is 0.408 bits per heavy atom. The van der Waals surface area contributed by atoms with E-state index in [0.717, 1.165) is 188 Å². The Bertz CT molecular complexity index is 4200. The molecule has 8 rings (SSSR count). The third-order valence-corrected chi connectivity index (χ3v) is 24.4. The molecule has 2 aliphatic rings. The first-order valence-electron chi connectivity index (χ1n) is 46.7. The van der Waals surface area contributed by atoms with Gasteiger partial charge in [-0.25, -0.2) is 37.3 Å². The van der Waals surface area contributed by atoms with Crippen LogP contribution < -0.4 is 59.0 Å². The topological polar surface area (TPSA) is 515 Å². The number of nitrogens with two attached hydrogens (primary N) is 2. The summed E-state index contributed by atoms with van der Waals surface area (Å²) in [5.74, 6) is -2.25. The summed E-state index contributed by atoms with van der Waals surface area (Å²) in [7, 11) is 16.9. The maximum Gasteiger partial charge on any atom is 2.00 e. The van der Waals surface area contributed by atoms with Gasteiger partial charge < -0.3 is 151 Å². The van der Waals surface area contributed by atoms with Crippen LogP contribution in [-0.2, 0) is 213 Å². The number of nitrogens with zero attached hydrogens (tertiary/aromatic N) is 17. The number of benzene rings is 6. The molecule has 836 valence electrons.